The summed E-state index contributed by atoms with van der Waals surface area (Å²) < 4.78 is 12.9. The fraction of sp³-hybridized carbons (Fsp3) is 0.600. The molecule has 1 aromatic carbocycles. The minimum atomic E-state index is -0.165. The highest BCUT2D eigenvalue weighted by molar-refractivity contribution is 5.24. The van der Waals surface area contributed by atoms with Crippen LogP contribution in [0.2, 0.25) is 0 Å². The fourth-order valence-electron chi connectivity index (χ4n) is 2.25. The van der Waals surface area contributed by atoms with Crippen LogP contribution in [0, 0.1) is 5.82 Å². The third-order valence-electron chi connectivity index (χ3n) is 3.18. The summed E-state index contributed by atoms with van der Waals surface area (Å²) >= 11 is 0. The minimum absolute atomic E-state index is 0.0772. The first-order chi connectivity index (χ1) is 7.95. The molecule has 0 saturated heterocycles. The largest absolute Gasteiger partial charge is 0.314 e. The van der Waals surface area contributed by atoms with Crippen LogP contribution in [0.1, 0.15) is 46.1 Å². The fourth-order valence-corrected chi connectivity index (χ4v) is 2.25. The summed E-state index contributed by atoms with van der Waals surface area (Å²) in [5.74, 6) is -0.165. The van der Waals surface area contributed by atoms with Gasteiger partial charge in [-0.15, -0.1) is 0 Å². The summed E-state index contributed by atoms with van der Waals surface area (Å²) in [5, 5.41) is 3.50. The van der Waals surface area contributed by atoms with Gasteiger partial charge in [0.25, 0.3) is 0 Å². The first kappa shape index (κ1) is 14.2. The molecular formula is C15H24FN. The molecule has 1 unspecified atom stereocenters. The van der Waals surface area contributed by atoms with Crippen molar-refractivity contribution >= 4 is 0 Å². The quantitative estimate of drug-likeness (QED) is 0.791. The Morgan fingerprint density at radius 3 is 2.35 bits per heavy atom. The normalized spacial score (nSPS) is 13.7. The van der Waals surface area contributed by atoms with Gasteiger partial charge in [-0.3, -0.25) is 0 Å². The maximum Gasteiger partial charge on any atom is 0.123 e. The van der Waals surface area contributed by atoms with Crippen molar-refractivity contribution in [2.75, 3.05) is 6.54 Å². The van der Waals surface area contributed by atoms with Crippen LogP contribution < -0.4 is 5.32 Å². The van der Waals surface area contributed by atoms with Crippen LogP contribution in [0.4, 0.5) is 4.39 Å². The molecule has 0 aromatic heterocycles. The van der Waals surface area contributed by atoms with Crippen LogP contribution in [0.25, 0.3) is 0 Å². The molecule has 1 atom stereocenters. The van der Waals surface area contributed by atoms with E-state index in [4.69, 9.17) is 0 Å². The van der Waals surface area contributed by atoms with E-state index in [2.05, 4.69) is 33.0 Å². The van der Waals surface area contributed by atoms with E-state index >= 15 is 0 Å². The zero-order chi connectivity index (χ0) is 12.9. The van der Waals surface area contributed by atoms with Gasteiger partial charge < -0.3 is 5.32 Å². The van der Waals surface area contributed by atoms with E-state index in [0.717, 1.165) is 19.4 Å². The Balaban J connectivity index is 2.64. The molecule has 0 aliphatic rings. The van der Waals surface area contributed by atoms with E-state index in [1.54, 1.807) is 12.1 Å². The number of benzene rings is 1. The molecule has 2 heteroatoms. The average Bonchev–Trinajstić information content (AvgIpc) is 2.26. The van der Waals surface area contributed by atoms with Crippen molar-refractivity contribution in [1.82, 2.24) is 5.32 Å². The number of hydrogen-bond donors (Lipinski definition) is 1. The smallest absolute Gasteiger partial charge is 0.123 e. The van der Waals surface area contributed by atoms with Crippen molar-refractivity contribution in [2.24, 2.45) is 0 Å². The Morgan fingerprint density at radius 2 is 1.82 bits per heavy atom. The van der Waals surface area contributed by atoms with Crippen LogP contribution in [0.3, 0.4) is 0 Å². The topological polar surface area (TPSA) is 12.0 Å². The van der Waals surface area contributed by atoms with Crippen LogP contribution in [0.5, 0.6) is 0 Å². The van der Waals surface area contributed by atoms with Gasteiger partial charge in [0.15, 0.2) is 0 Å². The first-order valence-electron chi connectivity index (χ1n) is 6.45. The van der Waals surface area contributed by atoms with E-state index in [1.165, 1.54) is 5.56 Å². The van der Waals surface area contributed by atoms with Gasteiger partial charge in [0.05, 0.1) is 0 Å². The number of halogens is 1. The predicted octanol–water partition coefficient (Wildman–Crippen LogP) is 3.88. The SMILES string of the molecule is CCCNC(C)CC(C)(C)c1ccc(F)cc1. The van der Waals surface area contributed by atoms with Gasteiger partial charge in [-0.2, -0.15) is 0 Å². The zero-order valence-corrected chi connectivity index (χ0v) is 11.4. The summed E-state index contributed by atoms with van der Waals surface area (Å²) in [6, 6.07) is 7.35. The van der Waals surface area contributed by atoms with Crippen molar-refractivity contribution < 1.29 is 4.39 Å². The highest BCUT2D eigenvalue weighted by atomic mass is 19.1. The molecule has 0 aliphatic carbocycles. The van der Waals surface area contributed by atoms with E-state index in [1.807, 2.05) is 12.1 Å². The predicted molar refractivity (Wildman–Crippen MR) is 71.8 cm³/mol. The molecule has 1 N–H and O–H groups in total. The minimum Gasteiger partial charge on any atom is -0.314 e. The molecule has 0 aliphatic heterocycles. The molecule has 0 fully saturated rings. The van der Waals surface area contributed by atoms with Gasteiger partial charge in [0.2, 0.25) is 0 Å². The molecule has 96 valence electrons. The molecule has 1 rings (SSSR count). The van der Waals surface area contributed by atoms with E-state index in [0.29, 0.717) is 6.04 Å². The molecule has 0 spiro atoms. The van der Waals surface area contributed by atoms with Gasteiger partial charge in [0.1, 0.15) is 5.82 Å². The zero-order valence-electron chi connectivity index (χ0n) is 11.4. The first-order valence-corrected chi connectivity index (χ1v) is 6.45. The summed E-state index contributed by atoms with van der Waals surface area (Å²) in [6.07, 6.45) is 2.21. The number of rotatable bonds is 6. The molecule has 1 nitrogen and oxygen atoms in total. The number of hydrogen-bond acceptors (Lipinski definition) is 1. The average molecular weight is 237 g/mol. The Hall–Kier alpha value is -0.890. The molecule has 0 amide bonds. The van der Waals surface area contributed by atoms with E-state index in [-0.39, 0.29) is 11.2 Å². The van der Waals surface area contributed by atoms with Gasteiger partial charge in [0, 0.05) is 6.04 Å². The highest BCUT2D eigenvalue weighted by Gasteiger charge is 2.22. The van der Waals surface area contributed by atoms with E-state index < -0.39 is 0 Å². The molecule has 17 heavy (non-hydrogen) atoms. The Morgan fingerprint density at radius 1 is 1.24 bits per heavy atom. The lowest BCUT2D eigenvalue weighted by molar-refractivity contribution is 0.389. The van der Waals surface area contributed by atoms with Crippen LogP contribution >= 0.6 is 0 Å². The maximum atomic E-state index is 12.9. The Labute approximate surface area is 104 Å². The third-order valence-corrected chi connectivity index (χ3v) is 3.18. The number of nitrogens with one attached hydrogen (secondary N) is 1. The lowest BCUT2D eigenvalue weighted by Crippen LogP contribution is -2.33. The summed E-state index contributed by atoms with van der Waals surface area (Å²) in [6.45, 7) is 9.86. The second-order valence-electron chi connectivity index (χ2n) is 5.45. The van der Waals surface area contributed by atoms with Gasteiger partial charge in [-0.1, -0.05) is 32.9 Å². The van der Waals surface area contributed by atoms with Crippen LogP contribution in [0.15, 0.2) is 24.3 Å². The molecule has 0 bridgehead atoms. The molecule has 1 aromatic rings. The highest BCUT2D eigenvalue weighted by Crippen LogP contribution is 2.28. The van der Waals surface area contributed by atoms with E-state index in [9.17, 15) is 4.39 Å². The van der Waals surface area contributed by atoms with Crippen LogP contribution in [-0.4, -0.2) is 12.6 Å². The lowest BCUT2D eigenvalue weighted by Gasteiger charge is -2.29. The summed E-state index contributed by atoms with van der Waals surface area (Å²) in [7, 11) is 0. The monoisotopic (exact) mass is 237 g/mol. The van der Waals surface area contributed by atoms with Crippen molar-refractivity contribution in [2.45, 2.75) is 52.0 Å². The second kappa shape index (κ2) is 6.15. The summed E-state index contributed by atoms with van der Waals surface area (Å²) in [4.78, 5) is 0. The van der Waals surface area contributed by atoms with Crippen molar-refractivity contribution in [3.63, 3.8) is 0 Å². The Kier molecular flexibility index (Phi) is 5.13. The Bertz CT molecular complexity index is 329. The summed E-state index contributed by atoms with van der Waals surface area (Å²) in [5.41, 5.74) is 1.28. The van der Waals surface area contributed by atoms with Gasteiger partial charge in [-0.25, -0.2) is 4.39 Å². The molecular weight excluding hydrogens is 213 g/mol. The standard InChI is InChI=1S/C15H24FN/c1-5-10-17-12(2)11-15(3,4)13-6-8-14(16)9-7-13/h6-9,12,17H,5,10-11H2,1-4H3. The molecule has 0 heterocycles. The molecule has 0 saturated carbocycles. The van der Waals surface area contributed by atoms with Gasteiger partial charge in [-0.05, 0) is 49.4 Å². The van der Waals surface area contributed by atoms with Crippen molar-refractivity contribution in [1.29, 1.82) is 0 Å². The maximum absolute atomic E-state index is 12.9. The van der Waals surface area contributed by atoms with Crippen molar-refractivity contribution in [3.8, 4) is 0 Å². The van der Waals surface area contributed by atoms with Crippen LogP contribution in [-0.2, 0) is 5.41 Å². The third kappa shape index (κ3) is 4.47. The van der Waals surface area contributed by atoms with Crippen molar-refractivity contribution in [3.05, 3.63) is 35.6 Å². The van der Waals surface area contributed by atoms with Gasteiger partial charge >= 0.3 is 0 Å². The lowest BCUT2D eigenvalue weighted by atomic mass is 9.79. The molecule has 0 radical (unpaired) electrons. The second-order valence-corrected chi connectivity index (χ2v) is 5.45.